The van der Waals surface area contributed by atoms with E-state index in [1.807, 2.05) is 0 Å². The summed E-state index contributed by atoms with van der Waals surface area (Å²) in [6.45, 7) is 3.44. The molecule has 0 fully saturated rings. The number of halogens is 3. The highest BCUT2D eigenvalue weighted by molar-refractivity contribution is 6.30. The molecule has 0 aromatic heterocycles. The van der Waals surface area contributed by atoms with Crippen LogP contribution in [0.5, 0.6) is 0 Å². The zero-order valence-electron chi connectivity index (χ0n) is 9.05. The Morgan fingerprint density at radius 3 is 2.06 bits per heavy atom. The Hall–Kier alpha value is -0.710. The van der Waals surface area contributed by atoms with Gasteiger partial charge in [-0.15, -0.1) is 0 Å². The molecule has 0 aliphatic heterocycles. The van der Waals surface area contributed by atoms with Crippen molar-refractivity contribution in [3.63, 3.8) is 0 Å². The molecule has 0 unspecified atom stereocenters. The predicted octanol–water partition coefficient (Wildman–Crippen LogP) is 2.63. The molecule has 0 saturated heterocycles. The van der Waals surface area contributed by atoms with Gasteiger partial charge in [-0.25, -0.2) is 8.78 Å². The SMILES string of the molecule is CC(C)[C@@H](O)[C@@H](N)c1c(F)cc(Cl)cc1F. The Kier molecular flexibility index (Phi) is 4.24. The minimum Gasteiger partial charge on any atom is -0.391 e. The fourth-order valence-electron chi connectivity index (χ4n) is 1.46. The third kappa shape index (κ3) is 2.70. The fourth-order valence-corrected chi connectivity index (χ4v) is 1.65. The fraction of sp³-hybridized carbons (Fsp3) is 0.455. The summed E-state index contributed by atoms with van der Waals surface area (Å²) in [5.74, 6) is -1.86. The van der Waals surface area contributed by atoms with Gasteiger partial charge in [0.1, 0.15) is 11.6 Å². The monoisotopic (exact) mass is 249 g/mol. The van der Waals surface area contributed by atoms with Crippen molar-refractivity contribution in [1.82, 2.24) is 0 Å². The molecule has 0 bridgehead atoms. The van der Waals surface area contributed by atoms with Gasteiger partial charge < -0.3 is 10.8 Å². The molecular weight excluding hydrogens is 236 g/mol. The summed E-state index contributed by atoms with van der Waals surface area (Å²) in [6.07, 6.45) is -1.01. The van der Waals surface area contributed by atoms with E-state index in [-0.39, 0.29) is 16.5 Å². The molecule has 0 saturated carbocycles. The molecule has 1 aromatic carbocycles. The topological polar surface area (TPSA) is 46.2 Å². The van der Waals surface area contributed by atoms with Gasteiger partial charge in [-0.2, -0.15) is 0 Å². The Bertz CT molecular complexity index is 361. The van der Waals surface area contributed by atoms with Crippen molar-refractivity contribution in [3.8, 4) is 0 Å². The van der Waals surface area contributed by atoms with E-state index in [1.165, 1.54) is 0 Å². The van der Waals surface area contributed by atoms with Gasteiger partial charge >= 0.3 is 0 Å². The molecule has 1 aromatic rings. The molecule has 0 heterocycles. The molecule has 90 valence electrons. The maximum atomic E-state index is 13.5. The van der Waals surface area contributed by atoms with Crippen molar-refractivity contribution in [3.05, 3.63) is 34.4 Å². The molecule has 0 radical (unpaired) electrons. The van der Waals surface area contributed by atoms with Crippen LogP contribution in [0.2, 0.25) is 5.02 Å². The second kappa shape index (κ2) is 5.08. The van der Waals surface area contributed by atoms with Gasteiger partial charge in [0, 0.05) is 10.6 Å². The molecular formula is C11H14ClF2NO. The van der Waals surface area contributed by atoms with Crippen LogP contribution in [0.4, 0.5) is 8.78 Å². The molecule has 0 spiro atoms. The van der Waals surface area contributed by atoms with Crippen molar-refractivity contribution in [2.24, 2.45) is 11.7 Å². The highest BCUT2D eigenvalue weighted by Crippen LogP contribution is 2.27. The van der Waals surface area contributed by atoms with E-state index in [2.05, 4.69) is 0 Å². The summed E-state index contributed by atoms with van der Waals surface area (Å²) in [5, 5.41) is 9.64. The van der Waals surface area contributed by atoms with E-state index in [9.17, 15) is 13.9 Å². The molecule has 16 heavy (non-hydrogen) atoms. The lowest BCUT2D eigenvalue weighted by Gasteiger charge is -2.23. The summed E-state index contributed by atoms with van der Waals surface area (Å²) in [5.41, 5.74) is 5.29. The molecule has 3 N–H and O–H groups in total. The van der Waals surface area contributed by atoms with Crippen molar-refractivity contribution < 1.29 is 13.9 Å². The third-order valence-corrected chi connectivity index (χ3v) is 2.65. The maximum absolute atomic E-state index is 13.5. The number of aliphatic hydroxyl groups excluding tert-OH is 1. The smallest absolute Gasteiger partial charge is 0.132 e. The van der Waals surface area contributed by atoms with Crippen molar-refractivity contribution in [2.45, 2.75) is 26.0 Å². The highest BCUT2D eigenvalue weighted by Gasteiger charge is 2.26. The molecule has 1 rings (SSSR count). The van der Waals surface area contributed by atoms with Crippen LogP contribution in [0, 0.1) is 17.6 Å². The molecule has 0 amide bonds. The average molecular weight is 250 g/mol. The number of benzene rings is 1. The van der Waals surface area contributed by atoms with E-state index in [1.54, 1.807) is 13.8 Å². The number of nitrogens with two attached hydrogens (primary N) is 1. The zero-order valence-corrected chi connectivity index (χ0v) is 9.80. The summed E-state index contributed by atoms with van der Waals surface area (Å²) in [7, 11) is 0. The van der Waals surface area contributed by atoms with E-state index < -0.39 is 23.8 Å². The number of rotatable bonds is 3. The number of hydrogen-bond acceptors (Lipinski definition) is 2. The van der Waals surface area contributed by atoms with Crippen LogP contribution in [0.15, 0.2) is 12.1 Å². The average Bonchev–Trinajstić information content (AvgIpc) is 2.14. The van der Waals surface area contributed by atoms with E-state index in [0.29, 0.717) is 0 Å². The first-order valence-electron chi connectivity index (χ1n) is 4.92. The van der Waals surface area contributed by atoms with Crippen molar-refractivity contribution >= 4 is 11.6 Å². The standard InChI is InChI=1S/C11H14ClF2NO/c1-5(2)11(16)10(15)9-7(13)3-6(12)4-8(9)14/h3-5,10-11,16H,15H2,1-2H3/t10-,11+/m0/s1. The first-order valence-corrected chi connectivity index (χ1v) is 5.30. The van der Waals surface area contributed by atoms with Crippen LogP contribution in [-0.2, 0) is 0 Å². The maximum Gasteiger partial charge on any atom is 0.132 e. The molecule has 0 aliphatic rings. The van der Waals surface area contributed by atoms with E-state index in [0.717, 1.165) is 12.1 Å². The first-order chi connectivity index (χ1) is 7.34. The summed E-state index contributed by atoms with van der Waals surface area (Å²) >= 11 is 5.49. The van der Waals surface area contributed by atoms with Gasteiger partial charge in [-0.05, 0) is 18.1 Å². The van der Waals surface area contributed by atoms with E-state index >= 15 is 0 Å². The third-order valence-electron chi connectivity index (χ3n) is 2.43. The Morgan fingerprint density at radius 1 is 1.25 bits per heavy atom. The van der Waals surface area contributed by atoms with Crippen LogP contribution in [0.3, 0.4) is 0 Å². The lowest BCUT2D eigenvalue weighted by Crippen LogP contribution is -2.32. The molecule has 2 atom stereocenters. The summed E-state index contributed by atoms with van der Waals surface area (Å²) in [6, 6.07) is 0.858. The van der Waals surface area contributed by atoms with Crippen molar-refractivity contribution in [2.75, 3.05) is 0 Å². The minimum absolute atomic E-state index is 0.0370. The summed E-state index contributed by atoms with van der Waals surface area (Å²) < 4.78 is 26.9. The van der Waals surface area contributed by atoms with Gasteiger partial charge in [0.25, 0.3) is 0 Å². The van der Waals surface area contributed by atoms with Gasteiger partial charge in [0.2, 0.25) is 0 Å². The van der Waals surface area contributed by atoms with Crippen LogP contribution >= 0.6 is 11.6 Å². The van der Waals surface area contributed by atoms with Gasteiger partial charge in [-0.1, -0.05) is 25.4 Å². The second-order valence-corrected chi connectivity index (χ2v) is 4.48. The lowest BCUT2D eigenvalue weighted by atomic mass is 9.94. The molecule has 0 aliphatic carbocycles. The zero-order chi connectivity index (χ0) is 12.5. The lowest BCUT2D eigenvalue weighted by molar-refractivity contribution is 0.0952. The Morgan fingerprint density at radius 2 is 1.69 bits per heavy atom. The summed E-state index contributed by atoms with van der Waals surface area (Å²) in [4.78, 5) is 0. The Balaban J connectivity index is 3.13. The highest BCUT2D eigenvalue weighted by atomic mass is 35.5. The van der Waals surface area contributed by atoms with Crippen molar-refractivity contribution in [1.29, 1.82) is 0 Å². The number of aliphatic hydroxyl groups is 1. The Labute approximate surface area is 98.0 Å². The van der Waals surface area contributed by atoms with Crippen LogP contribution < -0.4 is 5.73 Å². The molecule has 5 heteroatoms. The normalized spacial score (nSPS) is 15.2. The molecule has 2 nitrogen and oxygen atoms in total. The van der Waals surface area contributed by atoms with Crippen LogP contribution in [0.1, 0.15) is 25.5 Å². The minimum atomic E-state index is -1.10. The second-order valence-electron chi connectivity index (χ2n) is 4.04. The van der Waals surface area contributed by atoms with Crippen LogP contribution in [-0.4, -0.2) is 11.2 Å². The number of hydrogen-bond donors (Lipinski definition) is 2. The van der Waals surface area contributed by atoms with Gasteiger partial charge in [-0.3, -0.25) is 0 Å². The predicted molar refractivity (Wildman–Crippen MR) is 59.1 cm³/mol. The first kappa shape index (κ1) is 13.4. The van der Waals surface area contributed by atoms with Crippen LogP contribution in [0.25, 0.3) is 0 Å². The van der Waals surface area contributed by atoms with E-state index in [4.69, 9.17) is 17.3 Å². The van der Waals surface area contributed by atoms with Gasteiger partial charge in [0.15, 0.2) is 0 Å². The largest absolute Gasteiger partial charge is 0.391 e. The quantitative estimate of drug-likeness (QED) is 0.865. The van der Waals surface area contributed by atoms with Gasteiger partial charge in [0.05, 0.1) is 12.1 Å².